The van der Waals surface area contributed by atoms with Gasteiger partial charge in [0.05, 0.1) is 0 Å². The van der Waals surface area contributed by atoms with Crippen molar-refractivity contribution in [3.63, 3.8) is 0 Å². The molecule has 0 atom stereocenters. The summed E-state index contributed by atoms with van der Waals surface area (Å²) in [6, 6.07) is 8.35. The molecule has 1 aromatic heterocycles. The van der Waals surface area contributed by atoms with Crippen molar-refractivity contribution in [3.8, 4) is 5.75 Å². The van der Waals surface area contributed by atoms with E-state index in [1.54, 1.807) is 6.92 Å². The maximum Gasteiger partial charge on any atom is 0.328 e. The summed E-state index contributed by atoms with van der Waals surface area (Å²) >= 11 is 0. The molecule has 10 heteroatoms. The van der Waals surface area contributed by atoms with Crippen LogP contribution in [0.3, 0.4) is 0 Å². The highest BCUT2D eigenvalue weighted by Crippen LogP contribution is 2.17. The van der Waals surface area contributed by atoms with Gasteiger partial charge in [-0.1, -0.05) is 24.6 Å². The first-order valence-corrected chi connectivity index (χ1v) is 11.8. The first-order valence-electron chi connectivity index (χ1n) is 11.8. The van der Waals surface area contributed by atoms with E-state index >= 15 is 0 Å². The number of aromatic nitrogens is 2. The first-order chi connectivity index (χ1) is 17.2. The predicted molar refractivity (Wildman–Crippen MR) is 137 cm³/mol. The molecule has 1 aliphatic rings. The van der Waals surface area contributed by atoms with E-state index in [0.29, 0.717) is 36.8 Å². The minimum Gasteiger partial charge on any atom is -0.490 e. The number of nitrogens with zero attached hydrogens (tertiary/aromatic N) is 2. The second kappa shape index (κ2) is 15.2. The zero-order valence-corrected chi connectivity index (χ0v) is 20.7. The molecule has 0 amide bonds. The van der Waals surface area contributed by atoms with Crippen molar-refractivity contribution in [1.29, 1.82) is 0 Å². The van der Waals surface area contributed by atoms with Crippen molar-refractivity contribution >= 4 is 17.9 Å². The number of rotatable bonds is 10. The molecule has 1 fully saturated rings. The van der Waals surface area contributed by atoms with Crippen molar-refractivity contribution in [2.24, 2.45) is 0 Å². The quantitative estimate of drug-likeness (QED) is 0.287. The lowest BCUT2D eigenvalue weighted by Gasteiger charge is -2.26. The lowest BCUT2D eigenvalue weighted by molar-refractivity contribution is -0.134. The summed E-state index contributed by atoms with van der Waals surface area (Å²) in [6.07, 6.45) is 9.01. The lowest BCUT2D eigenvalue weighted by atomic mass is 10.1. The molecule has 1 aromatic carbocycles. The number of nitrogens with one attached hydrogen (secondary N) is 2. The Morgan fingerprint density at radius 1 is 1.11 bits per heavy atom. The molecular formula is C26H34N4O6. The highest BCUT2D eigenvalue weighted by Gasteiger charge is 2.10. The minimum atomic E-state index is -1.26. The van der Waals surface area contributed by atoms with Crippen LogP contribution in [0.2, 0.25) is 0 Å². The van der Waals surface area contributed by atoms with Gasteiger partial charge < -0.3 is 25.3 Å². The Labute approximate surface area is 210 Å². The average molecular weight is 499 g/mol. The van der Waals surface area contributed by atoms with E-state index in [0.717, 1.165) is 18.0 Å². The van der Waals surface area contributed by atoms with Gasteiger partial charge in [0.25, 0.3) is 5.56 Å². The molecule has 0 unspecified atom stereocenters. The highest BCUT2D eigenvalue weighted by atomic mass is 16.5. The highest BCUT2D eigenvalue weighted by molar-refractivity contribution is 5.89. The summed E-state index contributed by atoms with van der Waals surface area (Å²) in [7, 11) is 0. The number of likely N-dealkylation sites (tertiary alicyclic amines) is 1. The summed E-state index contributed by atoms with van der Waals surface area (Å²) in [6.45, 7) is 8.10. The van der Waals surface area contributed by atoms with E-state index in [1.807, 2.05) is 25.1 Å². The van der Waals surface area contributed by atoms with E-state index in [9.17, 15) is 14.4 Å². The van der Waals surface area contributed by atoms with Crippen LogP contribution >= 0.6 is 0 Å². The molecule has 2 aromatic rings. The van der Waals surface area contributed by atoms with Crippen LogP contribution in [0.15, 0.2) is 53.4 Å². The molecule has 4 N–H and O–H groups in total. The Hall–Kier alpha value is -3.92. The van der Waals surface area contributed by atoms with Crippen LogP contribution in [0, 0.1) is 13.8 Å². The van der Waals surface area contributed by atoms with Gasteiger partial charge in [-0.3, -0.25) is 9.69 Å². The van der Waals surface area contributed by atoms with E-state index in [2.05, 4.69) is 38.4 Å². The van der Waals surface area contributed by atoms with Gasteiger partial charge in [-0.2, -0.15) is 4.98 Å². The Bertz CT molecular complexity index is 1100. The summed E-state index contributed by atoms with van der Waals surface area (Å²) in [5.41, 5.74) is 2.58. The van der Waals surface area contributed by atoms with Crippen LogP contribution in [0.1, 0.15) is 36.1 Å². The molecule has 1 saturated heterocycles. The fourth-order valence-corrected chi connectivity index (χ4v) is 3.43. The molecule has 10 nitrogen and oxygen atoms in total. The number of carboxylic acids is 2. The number of hydrogen-bond donors (Lipinski definition) is 4. The van der Waals surface area contributed by atoms with E-state index in [1.165, 1.54) is 37.9 Å². The van der Waals surface area contributed by atoms with Crippen LogP contribution in [0.4, 0.5) is 5.95 Å². The first kappa shape index (κ1) is 28.3. The fourth-order valence-electron chi connectivity index (χ4n) is 3.43. The van der Waals surface area contributed by atoms with Crippen LogP contribution in [-0.4, -0.2) is 63.3 Å². The number of H-pyrrole nitrogens is 1. The van der Waals surface area contributed by atoms with Crippen LogP contribution in [0.25, 0.3) is 0 Å². The van der Waals surface area contributed by atoms with Crippen LogP contribution in [0.5, 0.6) is 5.75 Å². The molecule has 36 heavy (non-hydrogen) atoms. The SMILES string of the molecule is Cc1[nH]c(NC/C=C\COc2cccc(CN3CCCCC3)c2)nc(=O)c1C.O=C(O)/C=C/C(=O)O. The topological polar surface area (TPSA) is 145 Å². The number of carboxylic acid groups (broad SMARTS) is 2. The third kappa shape index (κ3) is 11.0. The zero-order chi connectivity index (χ0) is 26.3. The van der Waals surface area contributed by atoms with Crippen molar-refractivity contribution in [2.75, 3.05) is 31.6 Å². The maximum atomic E-state index is 11.7. The van der Waals surface area contributed by atoms with Gasteiger partial charge in [0.15, 0.2) is 0 Å². The molecule has 3 rings (SSSR count). The van der Waals surface area contributed by atoms with E-state index < -0.39 is 11.9 Å². The maximum absolute atomic E-state index is 11.7. The molecule has 194 valence electrons. The Morgan fingerprint density at radius 2 is 1.81 bits per heavy atom. The van der Waals surface area contributed by atoms with Crippen molar-refractivity contribution < 1.29 is 24.5 Å². The average Bonchev–Trinajstić information content (AvgIpc) is 2.84. The Morgan fingerprint density at radius 3 is 2.44 bits per heavy atom. The van der Waals surface area contributed by atoms with Gasteiger partial charge in [-0.25, -0.2) is 9.59 Å². The van der Waals surface area contributed by atoms with Crippen molar-refractivity contribution in [1.82, 2.24) is 14.9 Å². The fraction of sp³-hybridized carbons (Fsp3) is 0.385. The van der Waals surface area contributed by atoms with Crippen molar-refractivity contribution in [3.05, 3.63) is 75.7 Å². The molecule has 0 saturated carbocycles. The van der Waals surface area contributed by atoms with Gasteiger partial charge in [0.1, 0.15) is 12.4 Å². The molecule has 0 aliphatic carbocycles. The number of ether oxygens (including phenoxy) is 1. The second-order valence-corrected chi connectivity index (χ2v) is 8.30. The van der Waals surface area contributed by atoms with Gasteiger partial charge in [-0.15, -0.1) is 0 Å². The number of aromatic amines is 1. The smallest absolute Gasteiger partial charge is 0.328 e. The van der Waals surface area contributed by atoms with Crippen molar-refractivity contribution in [2.45, 2.75) is 39.7 Å². The molecule has 0 radical (unpaired) electrons. The zero-order valence-electron chi connectivity index (χ0n) is 20.7. The second-order valence-electron chi connectivity index (χ2n) is 8.30. The van der Waals surface area contributed by atoms with Gasteiger partial charge in [-0.05, 0) is 63.6 Å². The molecule has 0 spiro atoms. The third-order valence-electron chi connectivity index (χ3n) is 5.42. The lowest BCUT2D eigenvalue weighted by Crippen LogP contribution is -2.29. The van der Waals surface area contributed by atoms with Gasteiger partial charge in [0, 0.05) is 36.5 Å². The van der Waals surface area contributed by atoms with Gasteiger partial charge in [0.2, 0.25) is 5.95 Å². The Kier molecular flexibility index (Phi) is 11.9. The van der Waals surface area contributed by atoms with Crippen LogP contribution < -0.4 is 15.6 Å². The monoisotopic (exact) mass is 498 g/mol. The standard InChI is InChI=1S/C22H30N4O2.C4H4O4/c1-17-18(2)24-22(25-21(17)27)23-11-4-7-14-28-20-10-8-9-19(15-20)16-26-12-5-3-6-13-26;5-3(6)1-2-4(7)8/h4,7-10,15H,3,5-6,11-14,16H2,1-2H3,(H2,23,24,25,27);1-2H,(H,5,6)(H,7,8)/b7-4-;2-1+. The molecule has 0 bridgehead atoms. The molecule has 1 aliphatic heterocycles. The summed E-state index contributed by atoms with van der Waals surface area (Å²) in [5.74, 6) is -1.13. The number of piperidine rings is 1. The predicted octanol–water partition coefficient (Wildman–Crippen LogP) is 3.13. The summed E-state index contributed by atoms with van der Waals surface area (Å²) in [4.78, 5) is 40.4. The van der Waals surface area contributed by atoms with E-state index in [4.69, 9.17) is 14.9 Å². The molecule has 2 heterocycles. The Balaban J connectivity index is 0.000000493. The third-order valence-corrected chi connectivity index (χ3v) is 5.42. The molecular weight excluding hydrogens is 464 g/mol. The number of aryl methyl sites for hydroxylation is 1. The normalized spacial score (nSPS) is 13.8. The summed E-state index contributed by atoms with van der Waals surface area (Å²) in [5, 5.41) is 18.7. The van der Waals surface area contributed by atoms with Crippen LogP contribution in [-0.2, 0) is 16.1 Å². The number of benzene rings is 1. The summed E-state index contributed by atoms with van der Waals surface area (Å²) < 4.78 is 5.84. The number of anilines is 1. The van der Waals surface area contributed by atoms with Gasteiger partial charge >= 0.3 is 11.9 Å². The number of aliphatic carboxylic acids is 2. The largest absolute Gasteiger partial charge is 0.490 e. The van der Waals surface area contributed by atoms with E-state index in [-0.39, 0.29) is 5.56 Å². The minimum absolute atomic E-state index is 0.199. The number of carbonyl (C=O) groups is 2. The number of hydrogen-bond acceptors (Lipinski definition) is 7.